The number of rotatable bonds is 6. The monoisotopic (exact) mass is 292 g/mol. The summed E-state index contributed by atoms with van der Waals surface area (Å²) in [6, 6.07) is 4.68. The van der Waals surface area contributed by atoms with Gasteiger partial charge in [-0.25, -0.2) is 4.39 Å². The van der Waals surface area contributed by atoms with Gasteiger partial charge in [0.05, 0.1) is 5.56 Å². The van der Waals surface area contributed by atoms with Crippen LogP contribution in [0.4, 0.5) is 4.39 Å². The minimum Gasteiger partial charge on any atom is -0.396 e. The highest BCUT2D eigenvalue weighted by Gasteiger charge is 2.17. The smallest absolute Gasteiger partial charge is 0.253 e. The fourth-order valence-electron chi connectivity index (χ4n) is 2.26. The second kappa shape index (κ2) is 6.26. The zero-order chi connectivity index (χ0) is 15.5. The molecule has 2 aromatic rings. The number of H-pyrrole nitrogens is 1. The summed E-state index contributed by atoms with van der Waals surface area (Å²) in [6.07, 6.45) is 3.11. The number of amides is 1. The molecule has 0 aliphatic carbocycles. The van der Waals surface area contributed by atoms with Gasteiger partial charge in [-0.05, 0) is 30.4 Å². The van der Waals surface area contributed by atoms with E-state index in [0.717, 1.165) is 12.8 Å². The number of aliphatic hydroxyl groups excluding tert-OH is 1. The first-order valence-corrected chi connectivity index (χ1v) is 7.09. The molecule has 114 valence electrons. The van der Waals surface area contributed by atoms with Gasteiger partial charge in [0.2, 0.25) is 0 Å². The Bertz CT molecular complexity index is 634. The van der Waals surface area contributed by atoms with Crippen molar-refractivity contribution in [3.8, 4) is 0 Å². The van der Waals surface area contributed by atoms with E-state index in [0.29, 0.717) is 23.0 Å². The fraction of sp³-hybridized carbons (Fsp3) is 0.438. The highest BCUT2D eigenvalue weighted by atomic mass is 19.1. The molecule has 0 fully saturated rings. The molecule has 0 saturated carbocycles. The van der Waals surface area contributed by atoms with Crippen molar-refractivity contribution in [2.75, 3.05) is 13.2 Å². The van der Waals surface area contributed by atoms with E-state index in [1.54, 1.807) is 12.1 Å². The summed E-state index contributed by atoms with van der Waals surface area (Å²) < 4.78 is 13.8. The summed E-state index contributed by atoms with van der Waals surface area (Å²) in [6.45, 7) is 4.58. The van der Waals surface area contributed by atoms with Crippen molar-refractivity contribution in [3.05, 3.63) is 35.8 Å². The zero-order valence-electron chi connectivity index (χ0n) is 12.4. The van der Waals surface area contributed by atoms with Gasteiger partial charge >= 0.3 is 0 Å². The second-order valence-electron chi connectivity index (χ2n) is 6.05. The van der Waals surface area contributed by atoms with Crippen LogP contribution in [0.15, 0.2) is 24.4 Å². The number of fused-ring (bicyclic) bond motifs is 1. The van der Waals surface area contributed by atoms with Crippen molar-refractivity contribution in [1.82, 2.24) is 10.3 Å². The lowest BCUT2D eigenvalue weighted by Crippen LogP contribution is -2.26. The summed E-state index contributed by atoms with van der Waals surface area (Å²) >= 11 is 0. The van der Waals surface area contributed by atoms with E-state index in [-0.39, 0.29) is 17.9 Å². The highest BCUT2D eigenvalue weighted by Crippen LogP contribution is 2.22. The Morgan fingerprint density at radius 3 is 2.90 bits per heavy atom. The first-order valence-electron chi connectivity index (χ1n) is 7.09. The predicted octanol–water partition coefficient (Wildman–Crippen LogP) is 2.84. The van der Waals surface area contributed by atoms with Crippen molar-refractivity contribution in [3.63, 3.8) is 0 Å². The topological polar surface area (TPSA) is 65.1 Å². The van der Waals surface area contributed by atoms with Crippen molar-refractivity contribution >= 4 is 16.8 Å². The maximum absolute atomic E-state index is 13.8. The molecular formula is C16H21FN2O2. The Morgan fingerprint density at radius 1 is 1.43 bits per heavy atom. The minimum atomic E-state index is -0.402. The summed E-state index contributed by atoms with van der Waals surface area (Å²) in [7, 11) is 0. The average molecular weight is 292 g/mol. The third kappa shape index (κ3) is 3.61. The van der Waals surface area contributed by atoms with E-state index in [2.05, 4.69) is 10.3 Å². The molecule has 1 aromatic heterocycles. The van der Waals surface area contributed by atoms with E-state index >= 15 is 0 Å². The molecule has 3 N–H and O–H groups in total. The zero-order valence-corrected chi connectivity index (χ0v) is 12.4. The molecule has 21 heavy (non-hydrogen) atoms. The third-order valence-corrected chi connectivity index (χ3v) is 3.64. The van der Waals surface area contributed by atoms with Crippen LogP contribution < -0.4 is 5.32 Å². The molecule has 2 rings (SSSR count). The van der Waals surface area contributed by atoms with Gasteiger partial charge in [-0.1, -0.05) is 19.9 Å². The van der Waals surface area contributed by atoms with Crippen molar-refractivity contribution in [2.45, 2.75) is 26.7 Å². The molecule has 1 heterocycles. The van der Waals surface area contributed by atoms with Crippen LogP contribution in [0.25, 0.3) is 10.9 Å². The summed E-state index contributed by atoms with van der Waals surface area (Å²) in [5.41, 5.74) is 0.795. The summed E-state index contributed by atoms with van der Waals surface area (Å²) in [5.74, 6) is -0.687. The number of benzene rings is 1. The van der Waals surface area contributed by atoms with Gasteiger partial charge in [0.1, 0.15) is 5.82 Å². The Kier molecular flexibility index (Phi) is 4.63. The van der Waals surface area contributed by atoms with Crippen LogP contribution in [0.5, 0.6) is 0 Å². The molecule has 0 spiro atoms. The Labute approximate surface area is 123 Å². The number of nitrogens with one attached hydrogen (secondary N) is 2. The van der Waals surface area contributed by atoms with E-state index in [4.69, 9.17) is 5.11 Å². The number of aliphatic hydroxyl groups is 1. The Balaban J connectivity index is 1.97. The number of carbonyl (C=O) groups is 1. The largest absolute Gasteiger partial charge is 0.396 e. The lowest BCUT2D eigenvalue weighted by Gasteiger charge is -2.21. The van der Waals surface area contributed by atoms with Gasteiger partial charge in [-0.3, -0.25) is 4.79 Å². The van der Waals surface area contributed by atoms with E-state index < -0.39 is 5.82 Å². The van der Waals surface area contributed by atoms with Gasteiger partial charge in [0, 0.05) is 30.3 Å². The molecule has 0 aliphatic heterocycles. The van der Waals surface area contributed by atoms with Crippen LogP contribution in [-0.2, 0) is 0 Å². The molecule has 0 bridgehead atoms. The van der Waals surface area contributed by atoms with Crippen LogP contribution in [0.3, 0.4) is 0 Å². The van der Waals surface area contributed by atoms with E-state index in [9.17, 15) is 9.18 Å². The van der Waals surface area contributed by atoms with Crippen LogP contribution in [0.1, 0.15) is 37.0 Å². The molecule has 5 heteroatoms. The number of carbonyl (C=O) groups excluding carboxylic acids is 1. The number of aromatic amines is 1. The molecule has 1 amide bonds. The van der Waals surface area contributed by atoms with Crippen molar-refractivity contribution < 1.29 is 14.3 Å². The van der Waals surface area contributed by atoms with Crippen LogP contribution in [-0.4, -0.2) is 29.1 Å². The van der Waals surface area contributed by atoms with Gasteiger partial charge in [0.15, 0.2) is 0 Å². The normalized spacial score (nSPS) is 11.8. The van der Waals surface area contributed by atoms with Gasteiger partial charge < -0.3 is 15.4 Å². The molecule has 0 saturated heterocycles. The second-order valence-corrected chi connectivity index (χ2v) is 6.05. The molecule has 0 aliphatic rings. The average Bonchev–Trinajstić information content (AvgIpc) is 2.89. The third-order valence-electron chi connectivity index (χ3n) is 3.64. The molecule has 0 atom stereocenters. The summed E-state index contributed by atoms with van der Waals surface area (Å²) in [5, 5.41) is 12.3. The molecule has 0 unspecified atom stereocenters. The van der Waals surface area contributed by atoms with Crippen molar-refractivity contribution in [2.24, 2.45) is 5.41 Å². The fourth-order valence-corrected chi connectivity index (χ4v) is 2.26. The number of aromatic nitrogens is 1. The van der Waals surface area contributed by atoms with Crippen LogP contribution in [0, 0.1) is 11.2 Å². The number of hydrogen-bond donors (Lipinski definition) is 3. The Hall–Kier alpha value is -1.88. The molecular weight excluding hydrogens is 271 g/mol. The molecule has 0 radical (unpaired) electrons. The van der Waals surface area contributed by atoms with Crippen LogP contribution >= 0.6 is 0 Å². The van der Waals surface area contributed by atoms with Crippen LogP contribution in [0.2, 0.25) is 0 Å². The van der Waals surface area contributed by atoms with Gasteiger partial charge in [-0.2, -0.15) is 0 Å². The van der Waals surface area contributed by atoms with Gasteiger partial charge in [0.25, 0.3) is 5.91 Å². The maximum atomic E-state index is 13.8. The quantitative estimate of drug-likeness (QED) is 0.717. The minimum absolute atomic E-state index is 0.120. The SMILES string of the molecule is CC(C)(CO)CCCNC(=O)c1c[nH]c2cccc(F)c12. The van der Waals surface area contributed by atoms with Crippen molar-refractivity contribution in [1.29, 1.82) is 0 Å². The lowest BCUT2D eigenvalue weighted by atomic mass is 9.89. The van der Waals surface area contributed by atoms with Gasteiger partial charge in [-0.15, -0.1) is 0 Å². The molecule has 1 aromatic carbocycles. The standard InChI is InChI=1S/C16H21FN2O2/c1-16(2,10-20)7-4-8-18-15(21)11-9-19-13-6-3-5-12(17)14(11)13/h3,5-6,9,19-20H,4,7-8,10H2,1-2H3,(H,18,21). The highest BCUT2D eigenvalue weighted by molar-refractivity contribution is 6.06. The lowest BCUT2D eigenvalue weighted by molar-refractivity contribution is 0.0950. The summed E-state index contributed by atoms with van der Waals surface area (Å²) in [4.78, 5) is 15.0. The number of hydrogen-bond acceptors (Lipinski definition) is 2. The Morgan fingerprint density at radius 2 is 2.19 bits per heavy atom. The first-order chi connectivity index (χ1) is 9.94. The van der Waals surface area contributed by atoms with E-state index in [1.165, 1.54) is 12.3 Å². The molecule has 4 nitrogen and oxygen atoms in total. The predicted molar refractivity (Wildman–Crippen MR) is 80.7 cm³/mol. The van der Waals surface area contributed by atoms with E-state index in [1.807, 2.05) is 13.8 Å². The first kappa shape index (κ1) is 15.5. The number of halogens is 1. The maximum Gasteiger partial charge on any atom is 0.253 e.